The summed E-state index contributed by atoms with van der Waals surface area (Å²) >= 11 is 2.18. The molecule has 1 N–H and O–H groups in total. The van der Waals surface area contributed by atoms with Crippen molar-refractivity contribution >= 4 is 11.8 Å². The van der Waals surface area contributed by atoms with Crippen molar-refractivity contribution in [2.75, 3.05) is 12.3 Å². The topological polar surface area (TPSA) is 12.0 Å². The lowest BCUT2D eigenvalue weighted by atomic mass is 9.77. The van der Waals surface area contributed by atoms with E-state index in [4.69, 9.17) is 0 Å². The molecule has 1 saturated heterocycles. The second-order valence-corrected chi connectivity index (χ2v) is 8.26. The van der Waals surface area contributed by atoms with Crippen LogP contribution >= 0.6 is 11.8 Å². The summed E-state index contributed by atoms with van der Waals surface area (Å²) in [5, 5.41) is 3.91. The standard InChI is InChI=1S/C15H29NS/c1-12(2)13-7-4-5-8-14(13)16-11-15(3)9-6-10-17-15/h12-14,16H,4-11H2,1-3H3. The number of thioether (sulfide) groups is 1. The van der Waals surface area contributed by atoms with Crippen molar-refractivity contribution < 1.29 is 0 Å². The summed E-state index contributed by atoms with van der Waals surface area (Å²) in [7, 11) is 0. The average Bonchev–Trinajstić information content (AvgIpc) is 2.74. The van der Waals surface area contributed by atoms with Gasteiger partial charge in [0.15, 0.2) is 0 Å². The smallest absolute Gasteiger partial charge is 0.0256 e. The van der Waals surface area contributed by atoms with Crippen LogP contribution < -0.4 is 5.32 Å². The van der Waals surface area contributed by atoms with E-state index in [0.717, 1.165) is 17.9 Å². The molecule has 1 heterocycles. The van der Waals surface area contributed by atoms with E-state index in [-0.39, 0.29) is 0 Å². The first-order valence-electron chi connectivity index (χ1n) is 7.48. The van der Waals surface area contributed by atoms with Crippen molar-refractivity contribution in [3.8, 4) is 0 Å². The van der Waals surface area contributed by atoms with Crippen LogP contribution in [0, 0.1) is 11.8 Å². The van der Waals surface area contributed by atoms with Gasteiger partial charge in [0.25, 0.3) is 0 Å². The van der Waals surface area contributed by atoms with Gasteiger partial charge >= 0.3 is 0 Å². The summed E-state index contributed by atoms with van der Waals surface area (Å²) in [6.45, 7) is 8.48. The fourth-order valence-corrected chi connectivity index (χ4v) is 4.79. The first-order valence-corrected chi connectivity index (χ1v) is 8.47. The molecule has 3 atom stereocenters. The molecular formula is C15H29NS. The minimum absolute atomic E-state index is 0.527. The normalized spacial score (nSPS) is 38.8. The van der Waals surface area contributed by atoms with Gasteiger partial charge in [0.05, 0.1) is 0 Å². The average molecular weight is 255 g/mol. The highest BCUT2D eigenvalue weighted by molar-refractivity contribution is 8.00. The Bertz CT molecular complexity index is 233. The molecule has 1 nitrogen and oxygen atoms in total. The van der Waals surface area contributed by atoms with Gasteiger partial charge in [-0.2, -0.15) is 11.8 Å². The van der Waals surface area contributed by atoms with Crippen LogP contribution in [0.5, 0.6) is 0 Å². The van der Waals surface area contributed by atoms with Crippen LogP contribution in [-0.2, 0) is 0 Å². The van der Waals surface area contributed by atoms with Gasteiger partial charge in [0.2, 0.25) is 0 Å². The highest BCUT2D eigenvalue weighted by Gasteiger charge is 2.32. The highest BCUT2D eigenvalue weighted by Crippen LogP contribution is 2.38. The summed E-state index contributed by atoms with van der Waals surface area (Å²) in [6, 6.07) is 0.793. The SMILES string of the molecule is CC(C)C1CCCCC1NCC1(C)CCCS1. The largest absolute Gasteiger partial charge is 0.312 e. The second-order valence-electron chi connectivity index (χ2n) is 6.58. The van der Waals surface area contributed by atoms with E-state index in [1.54, 1.807) is 0 Å². The second kappa shape index (κ2) is 5.97. The lowest BCUT2D eigenvalue weighted by Crippen LogP contribution is -2.45. The molecule has 0 amide bonds. The summed E-state index contributed by atoms with van der Waals surface area (Å²) in [4.78, 5) is 0. The van der Waals surface area contributed by atoms with E-state index in [0.29, 0.717) is 4.75 Å². The van der Waals surface area contributed by atoms with Gasteiger partial charge in [0, 0.05) is 17.3 Å². The Balaban J connectivity index is 1.83. The first-order chi connectivity index (χ1) is 8.11. The predicted octanol–water partition coefficient (Wildman–Crippen LogP) is 4.08. The Labute approximate surface area is 112 Å². The third-order valence-electron chi connectivity index (χ3n) is 4.71. The van der Waals surface area contributed by atoms with Crippen LogP contribution in [0.25, 0.3) is 0 Å². The van der Waals surface area contributed by atoms with Gasteiger partial charge in [-0.25, -0.2) is 0 Å². The molecule has 2 heteroatoms. The lowest BCUT2D eigenvalue weighted by Gasteiger charge is -2.37. The van der Waals surface area contributed by atoms with Crippen molar-refractivity contribution in [1.29, 1.82) is 0 Å². The maximum absolute atomic E-state index is 3.91. The summed E-state index contributed by atoms with van der Waals surface area (Å²) in [6.07, 6.45) is 8.56. The summed E-state index contributed by atoms with van der Waals surface area (Å²) in [5.41, 5.74) is 0. The number of rotatable bonds is 4. The molecule has 1 aliphatic heterocycles. The van der Waals surface area contributed by atoms with E-state index >= 15 is 0 Å². The Morgan fingerprint density at radius 3 is 2.65 bits per heavy atom. The molecule has 2 rings (SSSR count). The van der Waals surface area contributed by atoms with Crippen molar-refractivity contribution in [2.45, 2.75) is 70.1 Å². The first kappa shape index (κ1) is 13.7. The molecule has 0 spiro atoms. The van der Waals surface area contributed by atoms with E-state index < -0.39 is 0 Å². The van der Waals surface area contributed by atoms with Crippen molar-refractivity contribution in [2.24, 2.45) is 11.8 Å². The Kier molecular flexibility index (Phi) is 4.82. The van der Waals surface area contributed by atoms with Crippen molar-refractivity contribution in [1.82, 2.24) is 5.32 Å². The van der Waals surface area contributed by atoms with Crippen molar-refractivity contribution in [3.63, 3.8) is 0 Å². The Morgan fingerprint density at radius 2 is 2.00 bits per heavy atom. The van der Waals surface area contributed by atoms with Gasteiger partial charge < -0.3 is 5.32 Å². The minimum atomic E-state index is 0.527. The summed E-state index contributed by atoms with van der Waals surface area (Å²) in [5.74, 6) is 3.13. The zero-order valence-electron chi connectivity index (χ0n) is 11.8. The molecule has 0 aromatic rings. The fourth-order valence-electron chi connectivity index (χ4n) is 3.53. The van der Waals surface area contributed by atoms with E-state index in [1.165, 1.54) is 50.8 Å². The molecule has 1 aliphatic carbocycles. The Morgan fingerprint density at radius 1 is 1.24 bits per heavy atom. The molecule has 100 valence electrons. The van der Waals surface area contributed by atoms with Gasteiger partial charge in [-0.1, -0.05) is 26.7 Å². The molecule has 2 aliphatic rings. The Hall–Kier alpha value is 0.310. The van der Waals surface area contributed by atoms with Crippen LogP contribution in [0.3, 0.4) is 0 Å². The third-order valence-corrected chi connectivity index (χ3v) is 6.25. The van der Waals surface area contributed by atoms with E-state index in [1.807, 2.05) is 0 Å². The van der Waals surface area contributed by atoms with Gasteiger partial charge in [0.1, 0.15) is 0 Å². The number of nitrogens with one attached hydrogen (secondary N) is 1. The molecule has 0 aromatic heterocycles. The van der Waals surface area contributed by atoms with Crippen LogP contribution in [0.4, 0.5) is 0 Å². The zero-order chi connectivity index (χ0) is 12.3. The van der Waals surface area contributed by atoms with Crippen LogP contribution in [-0.4, -0.2) is 23.1 Å². The molecule has 3 unspecified atom stereocenters. The molecule has 2 fully saturated rings. The van der Waals surface area contributed by atoms with Crippen LogP contribution in [0.15, 0.2) is 0 Å². The molecule has 0 aromatic carbocycles. The number of hydrogen-bond acceptors (Lipinski definition) is 2. The molecule has 1 saturated carbocycles. The van der Waals surface area contributed by atoms with Gasteiger partial charge in [-0.05, 0) is 50.2 Å². The van der Waals surface area contributed by atoms with E-state index in [2.05, 4.69) is 37.8 Å². The predicted molar refractivity (Wildman–Crippen MR) is 78.7 cm³/mol. The quantitative estimate of drug-likeness (QED) is 0.812. The molecule has 17 heavy (non-hydrogen) atoms. The minimum Gasteiger partial charge on any atom is -0.312 e. The highest BCUT2D eigenvalue weighted by atomic mass is 32.2. The third kappa shape index (κ3) is 3.64. The molecule has 0 bridgehead atoms. The zero-order valence-corrected chi connectivity index (χ0v) is 12.6. The number of hydrogen-bond donors (Lipinski definition) is 1. The van der Waals surface area contributed by atoms with Crippen LogP contribution in [0.1, 0.15) is 59.3 Å². The van der Waals surface area contributed by atoms with Gasteiger partial charge in [-0.15, -0.1) is 0 Å². The van der Waals surface area contributed by atoms with Crippen LogP contribution in [0.2, 0.25) is 0 Å². The monoisotopic (exact) mass is 255 g/mol. The van der Waals surface area contributed by atoms with Gasteiger partial charge in [-0.3, -0.25) is 0 Å². The maximum atomic E-state index is 3.91. The summed E-state index contributed by atoms with van der Waals surface area (Å²) < 4.78 is 0.527. The maximum Gasteiger partial charge on any atom is 0.0256 e. The molecular weight excluding hydrogens is 226 g/mol. The van der Waals surface area contributed by atoms with Crippen molar-refractivity contribution in [3.05, 3.63) is 0 Å². The fraction of sp³-hybridized carbons (Fsp3) is 1.00. The molecule has 0 radical (unpaired) electrons. The lowest BCUT2D eigenvalue weighted by molar-refractivity contribution is 0.202. The van der Waals surface area contributed by atoms with E-state index in [9.17, 15) is 0 Å².